The smallest absolute Gasteiger partial charge is 0.255 e. The number of benzene rings is 2. The first kappa shape index (κ1) is 18.7. The zero-order chi connectivity index (χ0) is 19.3. The summed E-state index contributed by atoms with van der Waals surface area (Å²) in [4.78, 5) is 12.4. The highest BCUT2D eigenvalue weighted by Gasteiger charge is 2.18. The molecule has 0 saturated heterocycles. The first-order valence-electron chi connectivity index (χ1n) is 9.76. The Morgan fingerprint density at radius 3 is 2.79 bits per heavy atom. The summed E-state index contributed by atoms with van der Waals surface area (Å²) in [5.41, 5.74) is 2.61. The molecule has 1 aliphatic rings. The lowest BCUT2D eigenvalue weighted by Gasteiger charge is -2.14. The van der Waals surface area contributed by atoms with Crippen molar-refractivity contribution >= 4 is 23.4 Å². The van der Waals surface area contributed by atoms with Crippen LogP contribution in [0.5, 0.6) is 0 Å². The van der Waals surface area contributed by atoms with Crippen molar-refractivity contribution in [2.24, 2.45) is 0 Å². The average molecular weight is 393 g/mol. The van der Waals surface area contributed by atoms with Crippen LogP contribution >= 0.6 is 11.8 Å². The molecule has 0 aliphatic carbocycles. The Balaban J connectivity index is 1.47. The fourth-order valence-electron chi connectivity index (χ4n) is 3.43. The summed E-state index contributed by atoms with van der Waals surface area (Å²) < 4.78 is 2.27. The third kappa shape index (κ3) is 4.28. The Morgan fingerprint density at radius 2 is 1.93 bits per heavy atom. The highest BCUT2D eigenvalue weighted by atomic mass is 32.2. The third-order valence-corrected chi connectivity index (χ3v) is 6.15. The van der Waals surface area contributed by atoms with Crippen LogP contribution in [0.3, 0.4) is 0 Å². The molecule has 1 amide bonds. The molecule has 0 saturated carbocycles. The molecule has 144 valence electrons. The van der Waals surface area contributed by atoms with Gasteiger partial charge in [-0.1, -0.05) is 48.5 Å². The molecule has 3 aromatic rings. The number of anilines is 1. The van der Waals surface area contributed by atoms with E-state index in [4.69, 9.17) is 0 Å². The Morgan fingerprint density at radius 1 is 1.07 bits per heavy atom. The van der Waals surface area contributed by atoms with E-state index in [2.05, 4.69) is 33.1 Å². The van der Waals surface area contributed by atoms with Gasteiger partial charge in [0.05, 0.1) is 0 Å². The second kappa shape index (κ2) is 8.61. The first-order valence-corrected chi connectivity index (χ1v) is 10.6. The van der Waals surface area contributed by atoms with Gasteiger partial charge in [-0.05, 0) is 49.6 Å². The van der Waals surface area contributed by atoms with Crippen LogP contribution < -0.4 is 5.32 Å². The number of carbonyl (C=O) groups excluding carboxylic acids is 1. The Hall–Kier alpha value is -2.60. The van der Waals surface area contributed by atoms with E-state index < -0.39 is 0 Å². The largest absolute Gasteiger partial charge is 0.322 e. The molecule has 0 bridgehead atoms. The Bertz CT molecular complexity index is 954. The SMILES string of the molecule is C[C@@H](Sc1nnc2n1CCCCC2)c1cccc(NC(=O)c2ccccc2)c1. The molecule has 1 atom stereocenters. The number of fused-ring (bicyclic) bond motifs is 1. The molecule has 0 spiro atoms. The lowest BCUT2D eigenvalue weighted by Crippen LogP contribution is -2.11. The number of aromatic nitrogens is 3. The van der Waals surface area contributed by atoms with Crippen molar-refractivity contribution in [3.8, 4) is 0 Å². The summed E-state index contributed by atoms with van der Waals surface area (Å²) in [5.74, 6) is 1.01. The minimum Gasteiger partial charge on any atom is -0.322 e. The van der Waals surface area contributed by atoms with Crippen molar-refractivity contribution in [3.05, 3.63) is 71.5 Å². The van der Waals surface area contributed by atoms with Gasteiger partial charge in [-0.15, -0.1) is 10.2 Å². The normalized spacial score (nSPS) is 14.8. The second-order valence-electron chi connectivity index (χ2n) is 7.07. The molecule has 0 radical (unpaired) electrons. The van der Waals surface area contributed by atoms with Gasteiger partial charge >= 0.3 is 0 Å². The molecular formula is C22H24N4OS. The zero-order valence-electron chi connectivity index (χ0n) is 16.0. The number of nitrogens with zero attached hydrogens (tertiary/aromatic N) is 3. The number of hydrogen-bond acceptors (Lipinski definition) is 4. The van der Waals surface area contributed by atoms with Crippen LogP contribution in [-0.2, 0) is 13.0 Å². The van der Waals surface area contributed by atoms with Gasteiger partial charge in [0.15, 0.2) is 5.16 Å². The van der Waals surface area contributed by atoms with E-state index in [1.807, 2.05) is 48.5 Å². The molecule has 2 aromatic carbocycles. The van der Waals surface area contributed by atoms with Crippen molar-refractivity contribution in [1.29, 1.82) is 0 Å². The van der Waals surface area contributed by atoms with Crippen LogP contribution in [0.25, 0.3) is 0 Å². The molecule has 1 N–H and O–H groups in total. The van der Waals surface area contributed by atoms with Gasteiger partial charge in [-0.3, -0.25) is 4.79 Å². The summed E-state index contributed by atoms with van der Waals surface area (Å²) in [6, 6.07) is 17.3. The fraction of sp³-hybridized carbons (Fsp3) is 0.318. The van der Waals surface area contributed by atoms with Gasteiger partial charge in [-0.25, -0.2) is 0 Å². The summed E-state index contributed by atoms with van der Waals surface area (Å²) in [7, 11) is 0. The molecule has 2 heterocycles. The van der Waals surface area contributed by atoms with Crippen LogP contribution in [-0.4, -0.2) is 20.7 Å². The third-order valence-electron chi connectivity index (χ3n) is 5.01. The molecule has 6 heteroatoms. The van der Waals surface area contributed by atoms with Gasteiger partial charge in [0.2, 0.25) is 0 Å². The number of hydrogen-bond donors (Lipinski definition) is 1. The second-order valence-corrected chi connectivity index (χ2v) is 8.37. The highest BCUT2D eigenvalue weighted by molar-refractivity contribution is 7.99. The first-order chi connectivity index (χ1) is 13.7. The van der Waals surface area contributed by atoms with Crippen molar-refractivity contribution < 1.29 is 4.79 Å². The van der Waals surface area contributed by atoms with Crippen LogP contribution in [0.1, 0.15) is 53.2 Å². The maximum Gasteiger partial charge on any atom is 0.255 e. The van der Waals surface area contributed by atoms with Gasteiger partial charge in [0.25, 0.3) is 5.91 Å². The van der Waals surface area contributed by atoms with Crippen molar-refractivity contribution in [1.82, 2.24) is 14.8 Å². The maximum atomic E-state index is 12.4. The van der Waals surface area contributed by atoms with E-state index in [-0.39, 0.29) is 11.2 Å². The number of rotatable bonds is 5. The average Bonchev–Trinajstić information content (AvgIpc) is 2.95. The van der Waals surface area contributed by atoms with Gasteiger partial charge in [0.1, 0.15) is 5.82 Å². The molecule has 0 unspecified atom stereocenters. The monoisotopic (exact) mass is 392 g/mol. The number of nitrogens with one attached hydrogen (secondary N) is 1. The Labute approximate surface area is 169 Å². The van der Waals surface area contributed by atoms with E-state index in [1.165, 1.54) is 19.3 Å². The predicted octanol–water partition coefficient (Wildman–Crippen LogP) is 5.11. The summed E-state index contributed by atoms with van der Waals surface area (Å²) in [6.45, 7) is 3.17. The lowest BCUT2D eigenvalue weighted by molar-refractivity contribution is 0.102. The minimum absolute atomic E-state index is 0.0965. The quantitative estimate of drug-likeness (QED) is 0.613. The number of carbonyl (C=O) groups is 1. The van der Waals surface area contributed by atoms with Crippen LogP contribution in [0, 0.1) is 0 Å². The van der Waals surface area contributed by atoms with Crippen LogP contribution in [0.4, 0.5) is 5.69 Å². The van der Waals surface area contributed by atoms with E-state index in [0.717, 1.165) is 35.2 Å². The summed E-state index contributed by atoms with van der Waals surface area (Å²) >= 11 is 1.73. The predicted molar refractivity (Wildman–Crippen MR) is 113 cm³/mol. The van der Waals surface area contributed by atoms with Crippen molar-refractivity contribution in [3.63, 3.8) is 0 Å². The number of thioether (sulfide) groups is 1. The van der Waals surface area contributed by atoms with Crippen LogP contribution in [0.15, 0.2) is 59.8 Å². The topological polar surface area (TPSA) is 59.8 Å². The number of aryl methyl sites for hydroxylation is 1. The van der Waals surface area contributed by atoms with E-state index in [0.29, 0.717) is 5.56 Å². The standard InChI is InChI=1S/C22H24N4OS/c1-16(28-22-25-24-20-13-6-3-7-14-26(20)22)18-11-8-12-19(15-18)23-21(27)17-9-4-2-5-10-17/h2,4-5,8-12,15-16H,3,6-7,13-14H2,1H3,(H,23,27)/t16-/m1/s1. The summed E-state index contributed by atoms with van der Waals surface area (Å²) in [5, 5.41) is 13.0. The summed E-state index contributed by atoms with van der Waals surface area (Å²) in [6.07, 6.45) is 4.66. The van der Waals surface area contributed by atoms with Gasteiger partial charge in [0, 0.05) is 29.5 Å². The molecule has 28 heavy (non-hydrogen) atoms. The highest BCUT2D eigenvalue weighted by Crippen LogP contribution is 2.35. The minimum atomic E-state index is -0.0965. The van der Waals surface area contributed by atoms with Gasteiger partial charge in [-0.2, -0.15) is 0 Å². The van der Waals surface area contributed by atoms with Gasteiger partial charge < -0.3 is 9.88 Å². The fourth-order valence-corrected chi connectivity index (χ4v) is 4.44. The molecule has 1 aliphatic heterocycles. The molecular weight excluding hydrogens is 368 g/mol. The van der Waals surface area contributed by atoms with E-state index in [9.17, 15) is 4.79 Å². The molecule has 0 fully saturated rings. The zero-order valence-corrected chi connectivity index (χ0v) is 16.8. The Kier molecular flexibility index (Phi) is 5.76. The van der Waals surface area contributed by atoms with E-state index in [1.54, 1.807) is 11.8 Å². The molecule has 1 aromatic heterocycles. The lowest BCUT2D eigenvalue weighted by atomic mass is 10.1. The van der Waals surface area contributed by atoms with Crippen molar-refractivity contribution in [2.45, 2.75) is 49.6 Å². The number of amides is 1. The maximum absolute atomic E-state index is 12.4. The van der Waals surface area contributed by atoms with E-state index >= 15 is 0 Å². The van der Waals surface area contributed by atoms with Crippen LogP contribution in [0.2, 0.25) is 0 Å². The molecule has 5 nitrogen and oxygen atoms in total. The molecule has 4 rings (SSSR count). The van der Waals surface area contributed by atoms with Crippen molar-refractivity contribution in [2.75, 3.05) is 5.32 Å².